The number of esters is 1. The van der Waals surface area contributed by atoms with E-state index in [-0.39, 0.29) is 11.9 Å². The summed E-state index contributed by atoms with van der Waals surface area (Å²) >= 11 is 1.56. The van der Waals surface area contributed by atoms with Crippen molar-refractivity contribution in [1.29, 1.82) is 0 Å². The summed E-state index contributed by atoms with van der Waals surface area (Å²) in [4.78, 5) is 17.0. The van der Waals surface area contributed by atoms with Crippen molar-refractivity contribution >= 4 is 23.4 Å². The van der Waals surface area contributed by atoms with E-state index in [4.69, 9.17) is 4.74 Å². The van der Waals surface area contributed by atoms with Crippen molar-refractivity contribution < 1.29 is 9.53 Å². The van der Waals surface area contributed by atoms with Crippen LogP contribution in [-0.4, -0.2) is 11.6 Å². The summed E-state index contributed by atoms with van der Waals surface area (Å²) in [5.41, 5.74) is 4.85. The lowest BCUT2D eigenvalue weighted by Crippen LogP contribution is -2.27. The molecule has 4 aromatic rings. The van der Waals surface area contributed by atoms with Gasteiger partial charge in [-0.2, -0.15) is 0 Å². The quantitative estimate of drug-likeness (QED) is 0.106. The molecule has 0 aliphatic rings. The third kappa shape index (κ3) is 8.62. The zero-order valence-corrected chi connectivity index (χ0v) is 24.7. The van der Waals surface area contributed by atoms with Crippen LogP contribution in [0.15, 0.2) is 131 Å². The number of thioether (sulfide) groups is 1. The lowest BCUT2D eigenvalue weighted by atomic mass is 9.89. The van der Waals surface area contributed by atoms with Crippen LogP contribution < -0.4 is 4.90 Å². The summed E-state index contributed by atoms with van der Waals surface area (Å²) < 4.78 is 5.90. The molecule has 206 valence electrons. The fourth-order valence-electron chi connectivity index (χ4n) is 4.66. The molecule has 4 aromatic carbocycles. The average molecular weight is 550 g/mol. The van der Waals surface area contributed by atoms with Gasteiger partial charge in [-0.1, -0.05) is 110 Å². The molecule has 0 saturated carbocycles. The fraction of sp³-hybridized carbons (Fsp3) is 0.250. The minimum Gasteiger partial charge on any atom is -0.457 e. The summed E-state index contributed by atoms with van der Waals surface area (Å²) in [7, 11) is 0. The number of anilines is 1. The van der Waals surface area contributed by atoms with Crippen molar-refractivity contribution in [2.24, 2.45) is 0 Å². The number of benzene rings is 4. The van der Waals surface area contributed by atoms with Crippen LogP contribution in [0.25, 0.3) is 0 Å². The van der Waals surface area contributed by atoms with Crippen molar-refractivity contribution in [2.75, 3.05) is 4.90 Å². The molecule has 0 bridgehead atoms. The summed E-state index contributed by atoms with van der Waals surface area (Å²) in [5, 5.41) is 1.98. The first kappa shape index (κ1) is 29.2. The zero-order valence-electron chi connectivity index (χ0n) is 23.9. The molecule has 4 heteroatoms. The Hall–Kier alpha value is -3.76. The first-order valence-corrected chi connectivity index (χ1v) is 14.8. The molecule has 0 aliphatic heterocycles. The molecular weight excluding hydrogens is 510 g/mol. The summed E-state index contributed by atoms with van der Waals surface area (Å²) in [5.74, 6) is -0.361. The van der Waals surface area contributed by atoms with Crippen LogP contribution in [0.4, 0.5) is 5.69 Å². The molecule has 1 atom stereocenters. The van der Waals surface area contributed by atoms with Crippen LogP contribution in [0.5, 0.6) is 0 Å². The second kappa shape index (κ2) is 14.0. The predicted molar refractivity (Wildman–Crippen MR) is 168 cm³/mol. The van der Waals surface area contributed by atoms with Gasteiger partial charge in [-0.05, 0) is 73.6 Å². The van der Waals surface area contributed by atoms with E-state index in [0.717, 1.165) is 35.7 Å². The first-order chi connectivity index (χ1) is 19.3. The first-order valence-electron chi connectivity index (χ1n) is 13.9. The van der Waals surface area contributed by atoms with Gasteiger partial charge in [0, 0.05) is 29.6 Å². The van der Waals surface area contributed by atoms with Crippen LogP contribution in [-0.2, 0) is 22.6 Å². The molecule has 0 N–H and O–H groups in total. The standard InChI is InChI=1S/C36H39NO2S/c1-5-33(34(35(38)39-36(2,3)4)27-40-32-22-13-8-14-23-32)30-20-15-21-31(24-30)37(25-28-16-9-6-10-17-28)26-29-18-11-7-12-19-29/h6-24,27,33H,5,25-26H2,1-4H3/b34-27+/t33-/m1/s1. The monoisotopic (exact) mass is 549 g/mol. The van der Waals surface area contributed by atoms with Crippen LogP contribution in [0, 0.1) is 0 Å². The van der Waals surface area contributed by atoms with E-state index in [1.807, 2.05) is 44.4 Å². The Kier molecular flexibility index (Phi) is 10.3. The predicted octanol–water partition coefficient (Wildman–Crippen LogP) is 9.40. The third-order valence-corrected chi connectivity index (χ3v) is 7.47. The van der Waals surface area contributed by atoms with Gasteiger partial charge in [0.05, 0.1) is 5.57 Å². The molecule has 0 spiro atoms. The van der Waals surface area contributed by atoms with Gasteiger partial charge < -0.3 is 9.64 Å². The van der Waals surface area contributed by atoms with Crippen molar-refractivity contribution in [1.82, 2.24) is 0 Å². The smallest absolute Gasteiger partial charge is 0.335 e. The van der Waals surface area contributed by atoms with Crippen LogP contribution in [0.3, 0.4) is 0 Å². The molecule has 0 fully saturated rings. The van der Waals surface area contributed by atoms with Gasteiger partial charge >= 0.3 is 5.97 Å². The number of nitrogens with zero attached hydrogens (tertiary/aromatic N) is 1. The van der Waals surface area contributed by atoms with Crippen molar-refractivity contribution in [3.05, 3.63) is 143 Å². The molecule has 0 saturated heterocycles. The lowest BCUT2D eigenvalue weighted by molar-refractivity contribution is -0.150. The highest BCUT2D eigenvalue weighted by atomic mass is 32.2. The molecule has 3 nitrogen and oxygen atoms in total. The minimum atomic E-state index is -0.574. The maximum absolute atomic E-state index is 13.5. The van der Waals surface area contributed by atoms with Gasteiger partial charge in [0.25, 0.3) is 0 Å². The van der Waals surface area contributed by atoms with Crippen molar-refractivity contribution in [3.8, 4) is 0 Å². The third-order valence-electron chi connectivity index (χ3n) is 6.55. The molecule has 0 amide bonds. The highest BCUT2D eigenvalue weighted by molar-refractivity contribution is 8.02. The Morgan fingerprint density at radius 3 is 1.88 bits per heavy atom. The molecule has 4 rings (SSSR count). The van der Waals surface area contributed by atoms with E-state index < -0.39 is 5.60 Å². The summed E-state index contributed by atoms with van der Waals surface area (Å²) in [6, 6.07) is 39.9. The van der Waals surface area contributed by atoms with Gasteiger partial charge in [-0.15, -0.1) is 0 Å². The van der Waals surface area contributed by atoms with Gasteiger partial charge in [-0.25, -0.2) is 4.79 Å². The van der Waals surface area contributed by atoms with Crippen LogP contribution >= 0.6 is 11.8 Å². The van der Waals surface area contributed by atoms with E-state index in [0.29, 0.717) is 5.57 Å². The SMILES string of the molecule is CC[C@@H](/C(=C\Sc1ccccc1)C(=O)OC(C)(C)C)c1cccc(N(Cc2ccccc2)Cc2ccccc2)c1. The maximum atomic E-state index is 13.5. The van der Waals surface area contributed by atoms with Gasteiger partial charge in [0.15, 0.2) is 0 Å². The number of carbonyl (C=O) groups excluding carboxylic acids is 1. The Morgan fingerprint density at radius 1 is 0.800 bits per heavy atom. The number of carbonyl (C=O) groups is 1. The molecule has 40 heavy (non-hydrogen) atoms. The number of rotatable bonds is 11. The van der Waals surface area contributed by atoms with E-state index in [2.05, 4.69) is 109 Å². The Labute approximate surface area is 243 Å². The zero-order chi connectivity index (χ0) is 28.4. The highest BCUT2D eigenvalue weighted by Crippen LogP contribution is 2.35. The van der Waals surface area contributed by atoms with E-state index in [9.17, 15) is 4.79 Å². The summed E-state index contributed by atoms with van der Waals surface area (Å²) in [6.07, 6.45) is 0.779. The molecular formula is C36H39NO2S. The second-order valence-electron chi connectivity index (χ2n) is 10.9. The normalized spacial score (nSPS) is 12.6. The Balaban J connectivity index is 1.69. The topological polar surface area (TPSA) is 29.5 Å². The average Bonchev–Trinajstić information content (AvgIpc) is 2.95. The van der Waals surface area contributed by atoms with Crippen LogP contribution in [0.2, 0.25) is 0 Å². The van der Waals surface area contributed by atoms with Gasteiger partial charge in [0.1, 0.15) is 5.60 Å². The van der Waals surface area contributed by atoms with Crippen molar-refractivity contribution in [2.45, 2.75) is 63.6 Å². The maximum Gasteiger partial charge on any atom is 0.335 e. The van der Waals surface area contributed by atoms with Crippen LogP contribution in [0.1, 0.15) is 56.7 Å². The highest BCUT2D eigenvalue weighted by Gasteiger charge is 2.27. The second-order valence-corrected chi connectivity index (χ2v) is 11.8. The van der Waals surface area contributed by atoms with Crippen molar-refractivity contribution in [3.63, 3.8) is 0 Å². The van der Waals surface area contributed by atoms with E-state index in [1.54, 1.807) is 11.8 Å². The van der Waals surface area contributed by atoms with Gasteiger partial charge in [0.2, 0.25) is 0 Å². The van der Waals surface area contributed by atoms with E-state index >= 15 is 0 Å². The fourth-order valence-corrected chi connectivity index (χ4v) is 5.50. The number of hydrogen-bond donors (Lipinski definition) is 0. The largest absolute Gasteiger partial charge is 0.457 e. The lowest BCUT2D eigenvalue weighted by Gasteiger charge is -2.28. The number of ether oxygens (including phenoxy) is 1. The minimum absolute atomic E-state index is 0.0960. The Bertz CT molecular complexity index is 1340. The molecule has 0 heterocycles. The van der Waals surface area contributed by atoms with Gasteiger partial charge in [-0.3, -0.25) is 0 Å². The Morgan fingerprint density at radius 2 is 1.35 bits per heavy atom. The summed E-state index contributed by atoms with van der Waals surface area (Å²) in [6.45, 7) is 9.45. The molecule has 0 radical (unpaired) electrons. The van der Waals surface area contributed by atoms with E-state index in [1.165, 1.54) is 11.1 Å². The molecule has 0 unspecified atom stereocenters. The molecule has 0 aromatic heterocycles. The molecule has 0 aliphatic carbocycles. The number of hydrogen-bond acceptors (Lipinski definition) is 4.